The summed E-state index contributed by atoms with van der Waals surface area (Å²) >= 11 is 0. The Hall–Kier alpha value is -1.91. The molecule has 0 fully saturated rings. The SMILES string of the molecule is CC(C)(C)C(=O)C(NC(=O)OCc1ccc(F)cc1)C(C)(C)C. The van der Waals surface area contributed by atoms with Crippen molar-refractivity contribution in [2.24, 2.45) is 10.8 Å². The highest BCUT2D eigenvalue weighted by atomic mass is 19.1. The van der Waals surface area contributed by atoms with Crippen LogP contribution in [0.3, 0.4) is 0 Å². The van der Waals surface area contributed by atoms with E-state index in [1.54, 1.807) is 12.1 Å². The molecule has 1 aromatic carbocycles. The summed E-state index contributed by atoms with van der Waals surface area (Å²) in [4.78, 5) is 24.6. The quantitative estimate of drug-likeness (QED) is 0.908. The fourth-order valence-electron chi connectivity index (χ4n) is 2.00. The predicted octanol–water partition coefficient (Wildman–Crippen LogP) is 4.08. The summed E-state index contributed by atoms with van der Waals surface area (Å²) in [5.41, 5.74) is -0.322. The molecular formula is C18H26FNO3. The van der Waals surface area contributed by atoms with Gasteiger partial charge in [0.2, 0.25) is 0 Å². The Morgan fingerprint density at radius 1 is 1.09 bits per heavy atom. The van der Waals surface area contributed by atoms with Crippen LogP contribution in [0.4, 0.5) is 9.18 Å². The maximum absolute atomic E-state index is 12.8. The van der Waals surface area contributed by atoms with Crippen LogP contribution in [-0.4, -0.2) is 17.9 Å². The molecule has 1 amide bonds. The van der Waals surface area contributed by atoms with E-state index in [1.807, 2.05) is 41.5 Å². The number of ether oxygens (including phenoxy) is 1. The average Bonchev–Trinajstić information content (AvgIpc) is 2.41. The molecule has 1 unspecified atom stereocenters. The van der Waals surface area contributed by atoms with Gasteiger partial charge in [-0.2, -0.15) is 0 Å². The van der Waals surface area contributed by atoms with E-state index in [2.05, 4.69) is 5.32 Å². The van der Waals surface area contributed by atoms with Gasteiger partial charge in [-0.1, -0.05) is 53.7 Å². The van der Waals surface area contributed by atoms with Crippen LogP contribution in [0.2, 0.25) is 0 Å². The van der Waals surface area contributed by atoms with Crippen molar-refractivity contribution in [3.63, 3.8) is 0 Å². The van der Waals surface area contributed by atoms with Gasteiger partial charge in [0.05, 0.1) is 6.04 Å². The topological polar surface area (TPSA) is 55.4 Å². The zero-order valence-electron chi connectivity index (χ0n) is 14.7. The van der Waals surface area contributed by atoms with Crippen molar-refractivity contribution in [1.29, 1.82) is 0 Å². The van der Waals surface area contributed by atoms with Crippen molar-refractivity contribution in [2.45, 2.75) is 54.2 Å². The number of hydrogen-bond donors (Lipinski definition) is 1. The van der Waals surface area contributed by atoms with Crippen molar-refractivity contribution in [3.8, 4) is 0 Å². The third kappa shape index (κ3) is 6.00. The first kappa shape index (κ1) is 19.1. The fourth-order valence-corrected chi connectivity index (χ4v) is 2.00. The van der Waals surface area contributed by atoms with Gasteiger partial charge < -0.3 is 10.1 Å². The summed E-state index contributed by atoms with van der Waals surface area (Å²) < 4.78 is 18.0. The number of benzene rings is 1. The lowest BCUT2D eigenvalue weighted by Crippen LogP contribution is -2.52. The molecule has 0 aliphatic heterocycles. The van der Waals surface area contributed by atoms with E-state index >= 15 is 0 Å². The Balaban J connectivity index is 2.71. The van der Waals surface area contributed by atoms with Gasteiger partial charge >= 0.3 is 6.09 Å². The molecule has 1 atom stereocenters. The molecule has 23 heavy (non-hydrogen) atoms. The molecule has 4 nitrogen and oxygen atoms in total. The van der Waals surface area contributed by atoms with Gasteiger partial charge in [-0.05, 0) is 23.1 Å². The molecule has 0 aliphatic rings. The first-order chi connectivity index (χ1) is 10.4. The Morgan fingerprint density at radius 2 is 1.61 bits per heavy atom. The van der Waals surface area contributed by atoms with Crippen molar-refractivity contribution >= 4 is 11.9 Å². The van der Waals surface area contributed by atoms with E-state index in [-0.39, 0.29) is 18.2 Å². The zero-order chi connectivity index (χ0) is 17.8. The first-order valence-corrected chi connectivity index (χ1v) is 7.63. The van der Waals surface area contributed by atoms with E-state index in [4.69, 9.17) is 4.74 Å². The summed E-state index contributed by atoms with van der Waals surface area (Å²) in [7, 11) is 0. The highest BCUT2D eigenvalue weighted by Crippen LogP contribution is 2.27. The highest BCUT2D eigenvalue weighted by molar-refractivity contribution is 5.91. The normalized spacial score (nSPS) is 13.3. The lowest BCUT2D eigenvalue weighted by molar-refractivity contribution is -0.130. The number of carbonyl (C=O) groups excluding carboxylic acids is 2. The van der Waals surface area contributed by atoms with Crippen LogP contribution < -0.4 is 5.32 Å². The molecule has 0 saturated heterocycles. The molecular weight excluding hydrogens is 297 g/mol. The van der Waals surface area contributed by atoms with Crippen molar-refractivity contribution in [2.75, 3.05) is 0 Å². The van der Waals surface area contributed by atoms with Gasteiger partial charge in [-0.25, -0.2) is 9.18 Å². The summed E-state index contributed by atoms with van der Waals surface area (Å²) in [5.74, 6) is -0.398. The monoisotopic (exact) mass is 323 g/mol. The number of Topliss-reactive ketones (excluding diaryl/α,β-unsaturated/α-hetero) is 1. The molecule has 0 heterocycles. The zero-order valence-corrected chi connectivity index (χ0v) is 14.7. The maximum Gasteiger partial charge on any atom is 0.408 e. The van der Waals surface area contributed by atoms with Crippen LogP contribution in [0.25, 0.3) is 0 Å². The molecule has 0 aliphatic carbocycles. The summed E-state index contributed by atoms with van der Waals surface area (Å²) in [6.07, 6.45) is -0.660. The van der Waals surface area contributed by atoms with Crippen LogP contribution in [0, 0.1) is 16.6 Å². The Bertz CT molecular complexity index is 553. The maximum atomic E-state index is 12.8. The van der Waals surface area contributed by atoms with Crippen LogP contribution >= 0.6 is 0 Å². The van der Waals surface area contributed by atoms with Gasteiger partial charge in [0.15, 0.2) is 5.78 Å². The fraction of sp³-hybridized carbons (Fsp3) is 0.556. The standard InChI is InChI=1S/C18H26FNO3/c1-17(2,3)14(15(21)18(4,5)6)20-16(22)23-11-12-7-9-13(19)10-8-12/h7-10,14H,11H2,1-6H3,(H,20,22). The lowest BCUT2D eigenvalue weighted by Gasteiger charge is -2.34. The number of nitrogens with one attached hydrogen (secondary N) is 1. The van der Waals surface area contributed by atoms with Crippen molar-refractivity contribution in [1.82, 2.24) is 5.32 Å². The van der Waals surface area contributed by atoms with E-state index in [1.165, 1.54) is 12.1 Å². The van der Waals surface area contributed by atoms with Gasteiger partial charge in [0.1, 0.15) is 12.4 Å². The molecule has 1 rings (SSSR count). The molecule has 5 heteroatoms. The Morgan fingerprint density at radius 3 is 2.04 bits per heavy atom. The third-order valence-corrected chi connectivity index (χ3v) is 3.41. The van der Waals surface area contributed by atoms with Gasteiger partial charge in [0, 0.05) is 5.41 Å². The minimum Gasteiger partial charge on any atom is -0.445 e. The summed E-state index contributed by atoms with van der Waals surface area (Å²) in [6, 6.07) is 5.05. The molecule has 128 valence electrons. The molecule has 1 N–H and O–H groups in total. The molecule has 0 aromatic heterocycles. The predicted molar refractivity (Wildman–Crippen MR) is 87.4 cm³/mol. The molecule has 0 bridgehead atoms. The average molecular weight is 323 g/mol. The molecule has 0 radical (unpaired) electrons. The Kier molecular flexibility index (Phi) is 5.92. The van der Waals surface area contributed by atoms with Crippen molar-refractivity contribution in [3.05, 3.63) is 35.6 Å². The van der Waals surface area contributed by atoms with Crippen LogP contribution in [-0.2, 0) is 16.1 Å². The van der Waals surface area contributed by atoms with Gasteiger partial charge in [-0.15, -0.1) is 0 Å². The highest BCUT2D eigenvalue weighted by Gasteiger charge is 2.38. The number of hydrogen-bond acceptors (Lipinski definition) is 3. The van der Waals surface area contributed by atoms with Crippen LogP contribution in [0.15, 0.2) is 24.3 Å². The van der Waals surface area contributed by atoms with E-state index in [9.17, 15) is 14.0 Å². The largest absolute Gasteiger partial charge is 0.445 e. The van der Waals surface area contributed by atoms with Gasteiger partial charge in [-0.3, -0.25) is 4.79 Å². The summed E-state index contributed by atoms with van der Waals surface area (Å²) in [6.45, 7) is 11.1. The van der Waals surface area contributed by atoms with E-state index < -0.39 is 23.0 Å². The number of rotatable bonds is 4. The lowest BCUT2D eigenvalue weighted by atomic mass is 9.76. The second-order valence-electron chi connectivity index (χ2n) is 7.76. The number of amides is 1. The minimum atomic E-state index is -0.660. The van der Waals surface area contributed by atoms with E-state index in [0.717, 1.165) is 0 Å². The second-order valence-corrected chi connectivity index (χ2v) is 7.76. The second kappa shape index (κ2) is 7.11. The van der Waals surface area contributed by atoms with E-state index in [0.29, 0.717) is 5.56 Å². The third-order valence-electron chi connectivity index (χ3n) is 3.41. The smallest absolute Gasteiger partial charge is 0.408 e. The number of halogens is 1. The van der Waals surface area contributed by atoms with Crippen LogP contribution in [0.5, 0.6) is 0 Å². The number of carbonyl (C=O) groups is 2. The van der Waals surface area contributed by atoms with Crippen LogP contribution in [0.1, 0.15) is 47.1 Å². The minimum absolute atomic E-state index is 0.0205. The first-order valence-electron chi connectivity index (χ1n) is 7.63. The Labute approximate surface area is 137 Å². The molecule has 1 aromatic rings. The summed E-state index contributed by atoms with van der Waals surface area (Å²) in [5, 5.41) is 2.66. The number of alkyl carbamates (subject to hydrolysis) is 1. The molecule has 0 saturated carbocycles. The number of ketones is 1. The van der Waals surface area contributed by atoms with Crippen molar-refractivity contribution < 1.29 is 18.7 Å². The van der Waals surface area contributed by atoms with Gasteiger partial charge in [0.25, 0.3) is 0 Å². The molecule has 0 spiro atoms.